The van der Waals surface area contributed by atoms with Crippen molar-refractivity contribution in [3.8, 4) is 29.3 Å². The minimum atomic E-state index is -1.57. The first kappa shape index (κ1) is 37.2. The summed E-state index contributed by atoms with van der Waals surface area (Å²) in [4.78, 5) is 33.8. The van der Waals surface area contributed by atoms with Gasteiger partial charge in [-0.05, 0) is 89.4 Å². The van der Waals surface area contributed by atoms with Gasteiger partial charge in [0, 0.05) is 41.2 Å². The number of benzene rings is 4. The molecule has 0 radical (unpaired) electrons. The van der Waals surface area contributed by atoms with Crippen LogP contribution >= 0.6 is 0 Å². The molecule has 5 heterocycles. The molecule has 8 bridgehead atoms. The number of aromatic amines is 1. The van der Waals surface area contributed by atoms with Gasteiger partial charge in [0.2, 0.25) is 6.29 Å². The number of phenols is 1. The molecule has 1 amide bonds. The molecular weight excluding hydrogens is 765 g/mol. The number of ether oxygens (including phenoxy) is 5. The number of aliphatic hydroxyl groups is 2. The van der Waals surface area contributed by atoms with E-state index in [1.165, 1.54) is 0 Å². The lowest BCUT2D eigenvalue weighted by Gasteiger charge is -2.41. The number of carbonyl (C=O) groups excluding carboxylic acids is 2. The minimum Gasteiger partial charge on any atom is -0.506 e. The second-order valence-corrected chi connectivity index (χ2v) is 16.8. The van der Waals surface area contributed by atoms with Crippen LogP contribution in [0.1, 0.15) is 91.8 Å². The molecule has 2 aliphatic carbocycles. The summed E-state index contributed by atoms with van der Waals surface area (Å²) in [6.45, 7) is -0.149. The van der Waals surface area contributed by atoms with Crippen molar-refractivity contribution in [2.75, 3.05) is 20.3 Å². The topological polar surface area (TPSA) is 160 Å². The van der Waals surface area contributed by atoms with E-state index < -0.39 is 36.8 Å². The fourth-order valence-corrected chi connectivity index (χ4v) is 10.8. The summed E-state index contributed by atoms with van der Waals surface area (Å²) in [5, 5.41) is 38.4. The van der Waals surface area contributed by atoms with Crippen molar-refractivity contribution in [3.05, 3.63) is 105 Å². The lowest BCUT2D eigenvalue weighted by Crippen LogP contribution is -2.60. The van der Waals surface area contributed by atoms with Crippen LogP contribution in [-0.4, -0.2) is 87.9 Å². The molecule has 0 spiro atoms. The maximum absolute atomic E-state index is 15.0. The first-order chi connectivity index (χ1) is 29.3. The van der Waals surface area contributed by atoms with Crippen LogP contribution in [0.4, 0.5) is 0 Å². The van der Waals surface area contributed by atoms with E-state index in [-0.39, 0.29) is 66.2 Å². The third-order valence-corrected chi connectivity index (χ3v) is 13.7. The number of para-hydroxylation sites is 1. The van der Waals surface area contributed by atoms with Crippen LogP contribution in [-0.2, 0) is 33.6 Å². The molecule has 306 valence electrons. The normalized spacial score (nSPS) is 28.7. The van der Waals surface area contributed by atoms with E-state index in [0.29, 0.717) is 34.6 Å². The molecule has 60 heavy (non-hydrogen) atoms. The summed E-state index contributed by atoms with van der Waals surface area (Å²) in [6.07, 6.45) is 5.50. The lowest BCUT2D eigenvalue weighted by molar-refractivity contribution is -0.279. The zero-order valence-electron chi connectivity index (χ0n) is 33.0. The van der Waals surface area contributed by atoms with Gasteiger partial charge in [-0.15, -0.1) is 0 Å². The third kappa shape index (κ3) is 5.74. The molecule has 5 aromatic rings. The van der Waals surface area contributed by atoms with Gasteiger partial charge < -0.3 is 48.9 Å². The van der Waals surface area contributed by atoms with Gasteiger partial charge in [0.15, 0.2) is 18.0 Å². The SMILES string of the molecule is COc1cc2c3c(c4c(O)c2c2c1/C=C/[C@H](c1c[nH]c5ccccc15)OC[C@H]1O[C@H](O2)[C@H](O)[C@@H](OC#CCc2cccc5c2CN(CC4=O)C5=O)[C@@H]1O)[C@H]1CCC[C@@H]1CC3. The Morgan fingerprint density at radius 2 is 1.87 bits per heavy atom. The van der Waals surface area contributed by atoms with Crippen molar-refractivity contribution < 1.29 is 48.6 Å². The largest absolute Gasteiger partial charge is 0.506 e. The van der Waals surface area contributed by atoms with Gasteiger partial charge in [0.1, 0.15) is 41.7 Å². The summed E-state index contributed by atoms with van der Waals surface area (Å²) >= 11 is 0. The molecule has 6 aliphatic rings. The first-order valence-corrected chi connectivity index (χ1v) is 20.8. The molecule has 1 saturated heterocycles. The number of aromatic nitrogens is 1. The third-order valence-electron chi connectivity index (χ3n) is 13.7. The average Bonchev–Trinajstić information content (AvgIpc) is 3.99. The van der Waals surface area contributed by atoms with Crippen LogP contribution in [0.3, 0.4) is 0 Å². The Labute approximate surface area is 345 Å². The minimum absolute atomic E-state index is 0.0549. The maximum Gasteiger partial charge on any atom is 0.254 e. The second kappa shape index (κ2) is 14.4. The van der Waals surface area contributed by atoms with Crippen molar-refractivity contribution >= 4 is 39.4 Å². The van der Waals surface area contributed by atoms with Gasteiger partial charge in [0.05, 0.1) is 36.8 Å². The van der Waals surface area contributed by atoms with Crippen LogP contribution in [0, 0.1) is 17.9 Å². The van der Waals surface area contributed by atoms with E-state index in [9.17, 15) is 20.1 Å². The Hall–Kier alpha value is -5.84. The highest BCUT2D eigenvalue weighted by atomic mass is 16.7. The maximum atomic E-state index is 15.0. The zero-order chi connectivity index (χ0) is 40.8. The molecule has 11 rings (SSSR count). The van der Waals surface area contributed by atoms with E-state index in [1.54, 1.807) is 30.2 Å². The molecule has 0 unspecified atom stereocenters. The number of aliphatic hydroxyl groups excluding tert-OH is 2. The van der Waals surface area contributed by atoms with E-state index in [0.717, 1.165) is 64.4 Å². The molecule has 4 aliphatic heterocycles. The monoisotopic (exact) mass is 808 g/mol. The van der Waals surface area contributed by atoms with Crippen molar-refractivity contribution in [2.45, 2.75) is 87.8 Å². The number of fused-ring (bicyclic) bond motifs is 10. The fourth-order valence-electron chi connectivity index (χ4n) is 10.8. The van der Waals surface area contributed by atoms with Gasteiger partial charge in [-0.25, -0.2) is 0 Å². The standard InChI is InChI=1S/C48H44N2O10/c1-56-37-19-31-28-15-14-25-8-4-11-26(25)39(28)41-35(51)22-50-21-33-24(7-5-12-29(33)47(50)55)9-6-18-57-46-42(52)38-23-58-36(32-20-49-34-13-3-2-10-27(32)34)17-16-30(37)45(40(31)43(41)53)60-48(59-38)44(46)54/h2-3,5,7,10,12-13,16-17,19-20,25-26,36,38,42,44,46,48-49,52-54H,4,8-9,11,14-15,21-23H2,1H3/b17-16+/t25-,26+,36-,38-,42-,44-,46+,48-/m1/s1. The average molecular weight is 809 g/mol. The second-order valence-electron chi connectivity index (χ2n) is 16.8. The van der Waals surface area contributed by atoms with Gasteiger partial charge in [-0.2, -0.15) is 0 Å². The van der Waals surface area contributed by atoms with E-state index in [1.807, 2.05) is 48.7 Å². The quantitative estimate of drug-likeness (QED) is 0.151. The number of hydrogen-bond donors (Lipinski definition) is 4. The number of hydrogen-bond acceptors (Lipinski definition) is 10. The van der Waals surface area contributed by atoms with E-state index in [2.05, 4.69) is 17.0 Å². The van der Waals surface area contributed by atoms with Crippen LogP contribution in [0.25, 0.3) is 27.8 Å². The van der Waals surface area contributed by atoms with E-state index >= 15 is 4.79 Å². The molecule has 12 nitrogen and oxygen atoms in total. The molecule has 12 heteroatoms. The van der Waals surface area contributed by atoms with Crippen LogP contribution in [0.15, 0.2) is 60.8 Å². The zero-order valence-corrected chi connectivity index (χ0v) is 33.0. The number of Topliss-reactive ketones (excluding diaryl/α,β-unsaturated/α-hetero) is 1. The molecule has 2 fully saturated rings. The predicted octanol–water partition coefficient (Wildman–Crippen LogP) is 6.22. The van der Waals surface area contributed by atoms with Gasteiger partial charge in [0.25, 0.3) is 5.91 Å². The van der Waals surface area contributed by atoms with E-state index in [4.69, 9.17) is 23.7 Å². The summed E-state index contributed by atoms with van der Waals surface area (Å²) < 4.78 is 31.9. The van der Waals surface area contributed by atoms with Crippen molar-refractivity contribution in [3.63, 3.8) is 0 Å². The molecule has 1 saturated carbocycles. The number of phenolic OH excluding ortho intramolecular Hbond substituents is 1. The van der Waals surface area contributed by atoms with Crippen LogP contribution < -0.4 is 9.47 Å². The molecule has 1 aromatic heterocycles. The van der Waals surface area contributed by atoms with Crippen molar-refractivity contribution in [1.29, 1.82) is 0 Å². The Balaban J connectivity index is 1.17. The molecular formula is C48H44N2O10. The Kier molecular flexibility index (Phi) is 8.93. The summed E-state index contributed by atoms with van der Waals surface area (Å²) in [7, 11) is 1.56. The summed E-state index contributed by atoms with van der Waals surface area (Å²) in [6, 6.07) is 15.2. The lowest BCUT2D eigenvalue weighted by atomic mass is 9.72. The highest BCUT2D eigenvalue weighted by molar-refractivity contribution is 6.13. The van der Waals surface area contributed by atoms with Gasteiger partial charge in [-0.3, -0.25) is 9.59 Å². The number of nitrogens with zero attached hydrogens (tertiary/aromatic N) is 1. The van der Waals surface area contributed by atoms with Crippen molar-refractivity contribution in [2.24, 2.45) is 5.92 Å². The smallest absolute Gasteiger partial charge is 0.254 e. The van der Waals surface area contributed by atoms with Gasteiger partial charge >= 0.3 is 0 Å². The Morgan fingerprint density at radius 1 is 0.983 bits per heavy atom. The number of aromatic hydroxyl groups is 1. The number of H-pyrrole nitrogens is 1. The summed E-state index contributed by atoms with van der Waals surface area (Å²) in [5.41, 5.74) is 6.18. The Morgan fingerprint density at radius 3 is 2.75 bits per heavy atom. The molecule has 8 atom stereocenters. The van der Waals surface area contributed by atoms with Crippen LogP contribution in [0.5, 0.6) is 17.2 Å². The predicted molar refractivity (Wildman–Crippen MR) is 220 cm³/mol. The number of rotatable bonds is 2. The molecule has 4 N–H and O–H groups in total. The Bertz CT molecular complexity index is 2710. The van der Waals surface area contributed by atoms with Crippen molar-refractivity contribution in [1.82, 2.24) is 9.88 Å². The first-order valence-electron chi connectivity index (χ1n) is 20.8. The number of carbonyl (C=O) groups is 2. The molecule has 4 aromatic carbocycles. The number of nitrogens with one attached hydrogen (secondary N) is 1. The number of methoxy groups -OCH3 is 1. The summed E-state index contributed by atoms with van der Waals surface area (Å²) in [5.74, 6) is 3.08. The highest BCUT2D eigenvalue weighted by Crippen LogP contribution is 2.55. The number of ketones is 1. The number of aryl methyl sites for hydroxylation is 1. The van der Waals surface area contributed by atoms with Crippen LogP contribution in [0.2, 0.25) is 0 Å². The fraction of sp³-hybridized carbons (Fsp3) is 0.375. The highest BCUT2D eigenvalue weighted by Gasteiger charge is 2.49. The van der Waals surface area contributed by atoms with Gasteiger partial charge in [-0.1, -0.05) is 48.7 Å². The number of amides is 1.